The average molecular weight is 311 g/mol. The molecule has 0 aromatic carbocycles. The molecular formula is C9H18IN3O. The molecule has 82 valence electrons. The van der Waals surface area contributed by atoms with E-state index in [9.17, 15) is 4.79 Å². The number of nitrogens with one attached hydrogen (secondary N) is 2. The molecule has 14 heavy (non-hydrogen) atoms. The van der Waals surface area contributed by atoms with Crippen molar-refractivity contribution in [1.82, 2.24) is 8.85 Å². The van der Waals surface area contributed by atoms with Gasteiger partial charge in [0, 0.05) is 34.9 Å². The minimum Gasteiger partial charge on any atom is -0.352 e. The van der Waals surface area contributed by atoms with Gasteiger partial charge >= 0.3 is 0 Å². The number of rotatable bonds is 3. The van der Waals surface area contributed by atoms with Gasteiger partial charge in [0.25, 0.3) is 0 Å². The van der Waals surface area contributed by atoms with Gasteiger partial charge in [0.2, 0.25) is 5.91 Å². The van der Waals surface area contributed by atoms with E-state index in [1.807, 2.05) is 0 Å². The Morgan fingerprint density at radius 3 is 2.29 bits per heavy atom. The molecule has 1 saturated carbocycles. The van der Waals surface area contributed by atoms with E-state index in [4.69, 9.17) is 5.73 Å². The van der Waals surface area contributed by atoms with Crippen molar-refractivity contribution in [2.75, 3.05) is 0 Å². The standard InChI is InChI=1S/C9H18IN3O/c1-6(11)9(14)12-7-2-4-8(13-10)5-3-7/h6-8,13H,2-5,11H2,1H3,(H,12,14)/t6-,7-,8-/m0/s1. The van der Waals surface area contributed by atoms with Crippen molar-refractivity contribution >= 4 is 28.8 Å². The zero-order valence-corrected chi connectivity index (χ0v) is 10.6. The van der Waals surface area contributed by atoms with Gasteiger partial charge in [0.15, 0.2) is 0 Å². The van der Waals surface area contributed by atoms with Gasteiger partial charge in [-0.2, -0.15) is 0 Å². The predicted molar refractivity (Wildman–Crippen MR) is 65.0 cm³/mol. The lowest BCUT2D eigenvalue weighted by Crippen LogP contribution is -2.46. The van der Waals surface area contributed by atoms with Gasteiger partial charge in [-0.05, 0) is 32.6 Å². The van der Waals surface area contributed by atoms with Crippen LogP contribution in [0.2, 0.25) is 0 Å². The molecule has 1 fully saturated rings. The van der Waals surface area contributed by atoms with Gasteiger partial charge < -0.3 is 11.1 Å². The first kappa shape index (κ1) is 12.2. The van der Waals surface area contributed by atoms with Gasteiger partial charge in [-0.1, -0.05) is 0 Å². The van der Waals surface area contributed by atoms with Crippen LogP contribution in [0.4, 0.5) is 0 Å². The van der Waals surface area contributed by atoms with E-state index >= 15 is 0 Å². The highest BCUT2D eigenvalue weighted by Crippen LogP contribution is 2.19. The smallest absolute Gasteiger partial charge is 0.236 e. The third-order valence-electron chi connectivity index (χ3n) is 2.64. The van der Waals surface area contributed by atoms with Crippen LogP contribution in [0.15, 0.2) is 0 Å². The van der Waals surface area contributed by atoms with Crippen LogP contribution in [-0.2, 0) is 4.79 Å². The molecule has 4 nitrogen and oxygen atoms in total. The van der Waals surface area contributed by atoms with Crippen LogP contribution in [0.5, 0.6) is 0 Å². The summed E-state index contributed by atoms with van der Waals surface area (Å²) in [7, 11) is 0. The number of hydrogen-bond acceptors (Lipinski definition) is 3. The van der Waals surface area contributed by atoms with Crippen molar-refractivity contribution in [1.29, 1.82) is 0 Å². The van der Waals surface area contributed by atoms with Crippen LogP contribution in [0, 0.1) is 0 Å². The fourth-order valence-corrected chi connectivity index (χ4v) is 2.30. The Bertz CT molecular complexity index is 190. The molecular weight excluding hydrogens is 293 g/mol. The first-order valence-corrected chi connectivity index (χ1v) is 6.13. The van der Waals surface area contributed by atoms with Crippen molar-refractivity contribution in [2.45, 2.75) is 50.7 Å². The molecule has 1 amide bonds. The first-order valence-electron chi connectivity index (χ1n) is 5.05. The molecule has 1 rings (SSSR count). The molecule has 0 radical (unpaired) electrons. The highest BCUT2D eigenvalue weighted by Gasteiger charge is 2.22. The third kappa shape index (κ3) is 3.70. The van der Waals surface area contributed by atoms with Crippen molar-refractivity contribution < 1.29 is 4.79 Å². The van der Waals surface area contributed by atoms with Gasteiger partial charge in [0.05, 0.1) is 6.04 Å². The van der Waals surface area contributed by atoms with Crippen molar-refractivity contribution in [3.05, 3.63) is 0 Å². The monoisotopic (exact) mass is 311 g/mol. The normalized spacial score (nSPS) is 29.6. The summed E-state index contributed by atoms with van der Waals surface area (Å²) in [6.45, 7) is 1.72. The topological polar surface area (TPSA) is 67.2 Å². The molecule has 1 atom stereocenters. The van der Waals surface area contributed by atoms with Crippen LogP contribution >= 0.6 is 22.9 Å². The quantitative estimate of drug-likeness (QED) is 0.531. The Morgan fingerprint density at radius 2 is 1.86 bits per heavy atom. The van der Waals surface area contributed by atoms with Gasteiger partial charge in [-0.25, -0.2) is 0 Å². The van der Waals surface area contributed by atoms with E-state index in [0.29, 0.717) is 12.1 Å². The molecule has 1 aliphatic rings. The minimum absolute atomic E-state index is 0.0316. The molecule has 0 aromatic heterocycles. The molecule has 0 unspecified atom stereocenters. The summed E-state index contributed by atoms with van der Waals surface area (Å²) in [6.07, 6.45) is 4.37. The van der Waals surface area contributed by atoms with E-state index in [0.717, 1.165) is 25.7 Å². The molecule has 0 aliphatic heterocycles. The second-order valence-corrected chi connectivity index (χ2v) is 4.58. The Balaban J connectivity index is 2.25. The molecule has 5 heteroatoms. The molecule has 0 aromatic rings. The number of amides is 1. The SMILES string of the molecule is C[C@H](N)C(=O)N[C@H]1CC[C@H](NI)CC1. The zero-order chi connectivity index (χ0) is 10.6. The lowest BCUT2D eigenvalue weighted by Gasteiger charge is -2.28. The number of carbonyl (C=O) groups excluding carboxylic acids is 1. The van der Waals surface area contributed by atoms with Crippen molar-refractivity contribution in [3.63, 3.8) is 0 Å². The molecule has 0 spiro atoms. The van der Waals surface area contributed by atoms with Crippen LogP contribution < -0.4 is 14.6 Å². The summed E-state index contributed by atoms with van der Waals surface area (Å²) in [4.78, 5) is 11.3. The highest BCUT2D eigenvalue weighted by molar-refractivity contribution is 14.1. The van der Waals surface area contributed by atoms with E-state index in [1.54, 1.807) is 6.92 Å². The van der Waals surface area contributed by atoms with Crippen molar-refractivity contribution in [3.8, 4) is 0 Å². The fourth-order valence-electron chi connectivity index (χ4n) is 1.68. The summed E-state index contributed by atoms with van der Waals surface area (Å²) in [5.74, 6) is -0.0316. The molecule has 1 aliphatic carbocycles. The Labute approximate surface area is 98.9 Å². The van der Waals surface area contributed by atoms with E-state index in [2.05, 4.69) is 31.7 Å². The molecule has 4 N–H and O–H groups in total. The lowest BCUT2D eigenvalue weighted by molar-refractivity contribution is -0.122. The van der Waals surface area contributed by atoms with Crippen molar-refractivity contribution in [2.24, 2.45) is 5.73 Å². The average Bonchev–Trinajstić information content (AvgIpc) is 2.19. The van der Waals surface area contributed by atoms with Gasteiger partial charge in [-0.3, -0.25) is 8.32 Å². The number of hydrogen-bond donors (Lipinski definition) is 3. The Hall–Kier alpha value is 0.120. The van der Waals surface area contributed by atoms with Crippen LogP contribution in [0.25, 0.3) is 0 Å². The summed E-state index contributed by atoms with van der Waals surface area (Å²) in [6, 6.07) is 0.545. The molecule has 0 bridgehead atoms. The minimum atomic E-state index is -0.393. The Morgan fingerprint density at radius 1 is 1.36 bits per heavy atom. The second kappa shape index (κ2) is 5.87. The first-order chi connectivity index (χ1) is 6.63. The number of halogens is 1. The van der Waals surface area contributed by atoms with Crippen LogP contribution in [0.1, 0.15) is 32.6 Å². The highest BCUT2D eigenvalue weighted by atomic mass is 127. The maximum absolute atomic E-state index is 11.3. The zero-order valence-electron chi connectivity index (χ0n) is 8.42. The summed E-state index contributed by atoms with van der Waals surface area (Å²) < 4.78 is 3.23. The molecule has 0 saturated heterocycles. The maximum Gasteiger partial charge on any atom is 0.236 e. The third-order valence-corrected chi connectivity index (χ3v) is 3.52. The summed E-state index contributed by atoms with van der Waals surface area (Å²) >= 11 is 2.19. The lowest BCUT2D eigenvalue weighted by atomic mass is 9.92. The van der Waals surface area contributed by atoms with Crippen LogP contribution in [-0.4, -0.2) is 24.0 Å². The van der Waals surface area contributed by atoms with Crippen LogP contribution in [0.3, 0.4) is 0 Å². The largest absolute Gasteiger partial charge is 0.352 e. The number of nitrogens with two attached hydrogens (primary N) is 1. The second-order valence-electron chi connectivity index (χ2n) is 3.95. The summed E-state index contributed by atoms with van der Waals surface area (Å²) in [5.41, 5.74) is 5.48. The fraction of sp³-hybridized carbons (Fsp3) is 0.889. The molecule has 0 heterocycles. The summed E-state index contributed by atoms with van der Waals surface area (Å²) in [5, 5.41) is 2.97. The van der Waals surface area contributed by atoms with Gasteiger partial charge in [-0.15, -0.1) is 0 Å². The Kier molecular flexibility index (Phi) is 5.11. The predicted octanol–water partition coefficient (Wildman–Crippen LogP) is 0.701. The maximum atomic E-state index is 11.3. The van der Waals surface area contributed by atoms with E-state index in [1.165, 1.54) is 0 Å². The van der Waals surface area contributed by atoms with E-state index < -0.39 is 6.04 Å². The van der Waals surface area contributed by atoms with E-state index in [-0.39, 0.29) is 5.91 Å². The number of carbonyl (C=O) groups is 1. The van der Waals surface area contributed by atoms with Gasteiger partial charge in [0.1, 0.15) is 0 Å².